The van der Waals surface area contributed by atoms with E-state index in [2.05, 4.69) is 25.0 Å². The number of nitrogens with one attached hydrogen (secondary N) is 2. The van der Waals surface area contributed by atoms with Gasteiger partial charge in [-0.15, -0.1) is 8.78 Å². The Balaban J connectivity index is 1.61. The summed E-state index contributed by atoms with van der Waals surface area (Å²) in [7, 11) is 0. The number of hydrogen-bond acceptors (Lipinski definition) is 4. The molecular formula is C15H9F2N3O3. The maximum Gasteiger partial charge on any atom is 0.586 e. The van der Waals surface area contributed by atoms with Crippen LogP contribution in [-0.4, -0.2) is 22.4 Å². The topological polar surface area (TPSA) is 76.2 Å². The summed E-state index contributed by atoms with van der Waals surface area (Å²) >= 11 is 0. The number of fused-ring (bicyclic) bond motifs is 2. The van der Waals surface area contributed by atoms with Crippen LogP contribution in [0.1, 0.15) is 10.5 Å². The highest BCUT2D eigenvalue weighted by atomic mass is 19.3. The van der Waals surface area contributed by atoms with Crippen molar-refractivity contribution in [1.82, 2.24) is 10.2 Å². The van der Waals surface area contributed by atoms with E-state index in [-0.39, 0.29) is 17.2 Å². The summed E-state index contributed by atoms with van der Waals surface area (Å²) in [6.45, 7) is 0. The highest BCUT2D eigenvalue weighted by Gasteiger charge is 2.43. The van der Waals surface area contributed by atoms with Crippen molar-refractivity contribution in [2.24, 2.45) is 0 Å². The number of para-hydroxylation sites is 1. The normalized spacial score (nSPS) is 14.9. The van der Waals surface area contributed by atoms with Gasteiger partial charge in [-0.1, -0.05) is 18.2 Å². The van der Waals surface area contributed by atoms with Crippen LogP contribution in [-0.2, 0) is 0 Å². The third kappa shape index (κ3) is 2.33. The number of carbonyl (C=O) groups excluding carboxylic acids is 1. The predicted octanol–water partition coefficient (Wildman–Crippen LogP) is 3.14. The fraction of sp³-hybridized carbons (Fsp3) is 0.0667. The van der Waals surface area contributed by atoms with Gasteiger partial charge in [0.05, 0.1) is 5.52 Å². The minimum atomic E-state index is -3.69. The highest BCUT2D eigenvalue weighted by molar-refractivity contribution is 6.11. The molecule has 0 radical (unpaired) electrons. The van der Waals surface area contributed by atoms with Gasteiger partial charge in [0.25, 0.3) is 5.91 Å². The van der Waals surface area contributed by atoms with Crippen LogP contribution < -0.4 is 14.8 Å². The zero-order chi connectivity index (χ0) is 16.0. The second-order valence-corrected chi connectivity index (χ2v) is 4.90. The molecule has 1 aliphatic rings. The molecule has 0 saturated carbocycles. The first-order chi connectivity index (χ1) is 11.0. The van der Waals surface area contributed by atoms with Gasteiger partial charge in [-0.05, 0) is 18.2 Å². The molecule has 0 spiro atoms. The van der Waals surface area contributed by atoms with Crippen LogP contribution in [0.15, 0.2) is 42.5 Å². The van der Waals surface area contributed by atoms with Gasteiger partial charge in [0.1, 0.15) is 0 Å². The Morgan fingerprint density at radius 2 is 1.91 bits per heavy atom. The van der Waals surface area contributed by atoms with Crippen LogP contribution in [0.25, 0.3) is 10.9 Å². The fourth-order valence-electron chi connectivity index (χ4n) is 2.35. The predicted molar refractivity (Wildman–Crippen MR) is 76.7 cm³/mol. The molecule has 6 nitrogen and oxygen atoms in total. The molecule has 1 aromatic heterocycles. The number of amides is 1. The third-order valence-electron chi connectivity index (χ3n) is 3.34. The molecule has 1 aliphatic heterocycles. The summed E-state index contributed by atoms with van der Waals surface area (Å²) in [5.41, 5.74) is 1.23. The molecule has 3 aromatic rings. The number of H-pyrrole nitrogens is 1. The molecule has 4 rings (SSSR count). The van der Waals surface area contributed by atoms with Crippen molar-refractivity contribution in [3.8, 4) is 11.5 Å². The first kappa shape index (κ1) is 13.5. The van der Waals surface area contributed by atoms with E-state index in [0.717, 1.165) is 5.52 Å². The van der Waals surface area contributed by atoms with Crippen LogP contribution in [0.3, 0.4) is 0 Å². The lowest BCUT2D eigenvalue weighted by molar-refractivity contribution is -0.286. The first-order valence-corrected chi connectivity index (χ1v) is 6.66. The minimum Gasteiger partial charge on any atom is -0.395 e. The molecule has 0 aliphatic carbocycles. The Morgan fingerprint density at radius 3 is 2.78 bits per heavy atom. The smallest absolute Gasteiger partial charge is 0.395 e. The van der Waals surface area contributed by atoms with Gasteiger partial charge in [-0.2, -0.15) is 5.10 Å². The lowest BCUT2D eigenvalue weighted by Crippen LogP contribution is -2.25. The average molecular weight is 317 g/mol. The number of rotatable bonds is 2. The van der Waals surface area contributed by atoms with E-state index in [0.29, 0.717) is 11.1 Å². The molecule has 1 amide bonds. The van der Waals surface area contributed by atoms with Crippen LogP contribution >= 0.6 is 0 Å². The van der Waals surface area contributed by atoms with Crippen molar-refractivity contribution in [3.63, 3.8) is 0 Å². The SMILES string of the molecule is O=C(Nc1ccc2c(c1)OC(F)(F)O2)c1n[nH]c2ccccc12. The average Bonchev–Trinajstić information content (AvgIpc) is 3.05. The molecule has 0 unspecified atom stereocenters. The lowest BCUT2D eigenvalue weighted by atomic mass is 10.2. The van der Waals surface area contributed by atoms with Gasteiger partial charge in [-0.3, -0.25) is 9.89 Å². The number of halogens is 2. The molecular weight excluding hydrogens is 308 g/mol. The van der Waals surface area contributed by atoms with Crippen molar-refractivity contribution in [1.29, 1.82) is 0 Å². The van der Waals surface area contributed by atoms with E-state index < -0.39 is 12.2 Å². The van der Waals surface area contributed by atoms with Gasteiger partial charge < -0.3 is 14.8 Å². The van der Waals surface area contributed by atoms with Gasteiger partial charge in [-0.25, -0.2) is 0 Å². The molecule has 2 aromatic carbocycles. The molecule has 0 atom stereocenters. The molecule has 116 valence electrons. The highest BCUT2D eigenvalue weighted by Crippen LogP contribution is 2.42. The molecule has 0 saturated heterocycles. The van der Waals surface area contributed by atoms with Crippen LogP contribution in [0.4, 0.5) is 14.5 Å². The molecule has 2 N–H and O–H groups in total. The summed E-state index contributed by atoms with van der Waals surface area (Å²) in [5, 5.41) is 9.98. The standard InChI is InChI=1S/C15H9F2N3O3/c16-15(17)22-11-6-5-8(7-12(11)23-15)18-14(21)13-9-3-1-2-4-10(9)19-20-13/h1-7H,(H,18,21)(H,19,20). The Kier molecular flexibility index (Phi) is 2.74. The van der Waals surface area contributed by atoms with Crippen LogP contribution in [0.5, 0.6) is 11.5 Å². The molecule has 2 heterocycles. The van der Waals surface area contributed by atoms with E-state index in [4.69, 9.17) is 0 Å². The van der Waals surface area contributed by atoms with Gasteiger partial charge >= 0.3 is 6.29 Å². The number of hydrogen-bond donors (Lipinski definition) is 2. The second kappa shape index (κ2) is 4.67. The van der Waals surface area contributed by atoms with Gasteiger partial charge in [0, 0.05) is 17.1 Å². The minimum absolute atomic E-state index is 0.0850. The number of nitrogens with zero attached hydrogens (tertiary/aromatic N) is 1. The van der Waals surface area contributed by atoms with Crippen molar-refractivity contribution in [2.75, 3.05) is 5.32 Å². The molecule has 0 bridgehead atoms. The number of aromatic amines is 1. The van der Waals surface area contributed by atoms with Crippen LogP contribution in [0, 0.1) is 0 Å². The Bertz CT molecular complexity index is 923. The van der Waals surface area contributed by atoms with Crippen molar-refractivity contribution >= 4 is 22.5 Å². The van der Waals surface area contributed by atoms with E-state index in [1.807, 2.05) is 6.07 Å². The summed E-state index contributed by atoms with van der Waals surface area (Å²) in [6.07, 6.45) is -3.69. The van der Waals surface area contributed by atoms with E-state index >= 15 is 0 Å². The van der Waals surface area contributed by atoms with Gasteiger partial charge in [0.2, 0.25) is 0 Å². The largest absolute Gasteiger partial charge is 0.586 e. The van der Waals surface area contributed by atoms with E-state index in [1.165, 1.54) is 18.2 Å². The van der Waals surface area contributed by atoms with Crippen LogP contribution in [0.2, 0.25) is 0 Å². The lowest BCUT2D eigenvalue weighted by Gasteiger charge is -2.05. The van der Waals surface area contributed by atoms with E-state index in [9.17, 15) is 13.6 Å². The molecule has 8 heteroatoms. The quantitative estimate of drug-likeness (QED) is 0.761. The van der Waals surface area contributed by atoms with E-state index in [1.54, 1.807) is 18.2 Å². The number of carbonyl (C=O) groups is 1. The Hall–Kier alpha value is -3.16. The molecule has 23 heavy (non-hydrogen) atoms. The maximum absolute atomic E-state index is 13.0. The summed E-state index contributed by atoms with van der Waals surface area (Å²) in [4.78, 5) is 12.3. The van der Waals surface area contributed by atoms with Crippen molar-refractivity contribution in [2.45, 2.75) is 6.29 Å². The van der Waals surface area contributed by atoms with Crippen molar-refractivity contribution < 1.29 is 23.0 Å². The Morgan fingerprint density at radius 1 is 1.13 bits per heavy atom. The number of anilines is 1. The summed E-state index contributed by atoms with van der Waals surface area (Å²) < 4.78 is 34.6. The number of aromatic nitrogens is 2. The monoisotopic (exact) mass is 317 g/mol. The second-order valence-electron chi connectivity index (χ2n) is 4.90. The summed E-state index contributed by atoms with van der Waals surface area (Å²) in [6, 6.07) is 11.2. The number of alkyl halides is 2. The maximum atomic E-state index is 13.0. The number of ether oxygens (including phenoxy) is 2. The zero-order valence-electron chi connectivity index (χ0n) is 11.5. The van der Waals surface area contributed by atoms with Crippen molar-refractivity contribution in [3.05, 3.63) is 48.2 Å². The first-order valence-electron chi connectivity index (χ1n) is 6.66. The number of benzene rings is 2. The summed E-state index contributed by atoms with van der Waals surface area (Å²) in [5.74, 6) is -0.689. The Labute approximate surface area is 128 Å². The molecule has 0 fully saturated rings. The third-order valence-corrected chi connectivity index (χ3v) is 3.34. The van der Waals surface area contributed by atoms with Gasteiger partial charge in [0.15, 0.2) is 17.2 Å². The fourth-order valence-corrected chi connectivity index (χ4v) is 2.35. The zero-order valence-corrected chi connectivity index (χ0v) is 11.5.